The molecule has 7 nitrogen and oxygen atoms in total. The number of nitrogens with zero attached hydrogens (tertiary/aromatic N) is 1. The Hall–Kier alpha value is -4.26. The van der Waals surface area contributed by atoms with Crippen molar-refractivity contribution in [2.45, 2.75) is 11.3 Å². The molecule has 162 valence electrons. The Labute approximate surface area is 187 Å². The molecule has 2 N–H and O–H groups in total. The maximum atomic E-state index is 13.8. The number of rotatable bonds is 3. The van der Waals surface area contributed by atoms with Crippen molar-refractivity contribution >= 4 is 29.4 Å². The molecule has 4 aliphatic rings. The van der Waals surface area contributed by atoms with Gasteiger partial charge in [0.2, 0.25) is 11.8 Å². The zero-order chi connectivity index (χ0) is 23.1. The zero-order valence-electron chi connectivity index (χ0n) is 17.1. The van der Waals surface area contributed by atoms with Crippen LogP contribution in [0.2, 0.25) is 0 Å². The Morgan fingerprint density at radius 2 is 1.30 bits per heavy atom. The molecule has 1 saturated heterocycles. The summed E-state index contributed by atoms with van der Waals surface area (Å²) in [6.45, 7) is 0. The molecule has 3 aromatic carbocycles. The van der Waals surface area contributed by atoms with Crippen LogP contribution in [0.1, 0.15) is 38.5 Å². The van der Waals surface area contributed by atoms with E-state index in [1.165, 1.54) is 24.3 Å². The Morgan fingerprint density at radius 1 is 0.758 bits per heavy atom. The largest absolute Gasteiger partial charge is 0.480 e. The van der Waals surface area contributed by atoms with Crippen molar-refractivity contribution in [3.05, 3.63) is 101 Å². The first-order valence-corrected chi connectivity index (χ1v) is 10.5. The van der Waals surface area contributed by atoms with Crippen LogP contribution in [0.4, 0.5) is 5.69 Å². The lowest BCUT2D eigenvalue weighted by atomic mass is 9.47. The standard InChI is InChI=1S/C26H17NO6/c28-22-20-19-15-5-1-3-7-17(15)26(25(32)33,18-8-4-2-6-16(18)19)21(20)23(29)27(22)14-11-9-13(10-12-14)24(30)31/h1-12,19-21H,(H,30,31)(H,32,33)/t19?,20-,21-,26?/m1/s1. The number of carbonyl (C=O) groups excluding carboxylic acids is 2. The van der Waals surface area contributed by atoms with Crippen LogP contribution in [-0.2, 0) is 19.8 Å². The molecule has 0 saturated carbocycles. The number of aromatic carboxylic acids is 1. The van der Waals surface area contributed by atoms with Gasteiger partial charge in [0.25, 0.3) is 0 Å². The average Bonchev–Trinajstić information content (AvgIpc) is 3.09. The summed E-state index contributed by atoms with van der Waals surface area (Å²) in [6.07, 6.45) is 0. The smallest absolute Gasteiger partial charge is 0.335 e. The van der Waals surface area contributed by atoms with E-state index in [4.69, 9.17) is 0 Å². The van der Waals surface area contributed by atoms with Gasteiger partial charge in [-0.25, -0.2) is 9.69 Å². The number of hydrogen-bond donors (Lipinski definition) is 2. The Balaban J connectivity index is 1.61. The third kappa shape index (κ3) is 2.18. The van der Waals surface area contributed by atoms with Gasteiger partial charge in [0, 0.05) is 5.92 Å². The van der Waals surface area contributed by atoms with Crippen molar-refractivity contribution < 1.29 is 29.4 Å². The summed E-state index contributed by atoms with van der Waals surface area (Å²) in [4.78, 5) is 52.9. The summed E-state index contributed by atoms with van der Waals surface area (Å²) < 4.78 is 0. The molecule has 2 bridgehead atoms. The molecule has 7 rings (SSSR count). The van der Waals surface area contributed by atoms with Crippen molar-refractivity contribution in [2.75, 3.05) is 4.90 Å². The van der Waals surface area contributed by atoms with Gasteiger partial charge in [0.15, 0.2) is 0 Å². The SMILES string of the molecule is O=C(O)c1ccc(N2C(=O)[C@@H]3C4c5ccccc5C(C(=O)O)(c5ccccc54)[C@H]3C2=O)cc1. The lowest BCUT2D eigenvalue weighted by Gasteiger charge is -2.51. The van der Waals surface area contributed by atoms with Crippen LogP contribution in [-0.4, -0.2) is 34.0 Å². The van der Waals surface area contributed by atoms with Gasteiger partial charge in [-0.15, -0.1) is 0 Å². The van der Waals surface area contributed by atoms with E-state index < -0.39 is 46.9 Å². The van der Waals surface area contributed by atoms with E-state index in [1.54, 1.807) is 24.3 Å². The van der Waals surface area contributed by atoms with Gasteiger partial charge >= 0.3 is 11.9 Å². The summed E-state index contributed by atoms with van der Waals surface area (Å²) in [5.41, 5.74) is 1.18. The normalized spacial score (nSPS) is 26.5. The summed E-state index contributed by atoms with van der Waals surface area (Å²) in [5, 5.41) is 19.8. The summed E-state index contributed by atoms with van der Waals surface area (Å²) in [6, 6.07) is 19.8. The molecule has 3 aliphatic carbocycles. The molecule has 0 radical (unpaired) electrons. The van der Waals surface area contributed by atoms with Gasteiger partial charge in [0.1, 0.15) is 5.41 Å². The predicted molar refractivity (Wildman–Crippen MR) is 116 cm³/mol. The molecule has 33 heavy (non-hydrogen) atoms. The summed E-state index contributed by atoms with van der Waals surface area (Å²) in [7, 11) is 0. The van der Waals surface area contributed by atoms with Crippen LogP contribution in [0.15, 0.2) is 72.8 Å². The first-order valence-electron chi connectivity index (χ1n) is 10.5. The maximum Gasteiger partial charge on any atom is 0.335 e. The molecular weight excluding hydrogens is 422 g/mol. The number of carboxylic acid groups (broad SMARTS) is 2. The second kappa shape index (κ2) is 6.38. The molecule has 2 atom stereocenters. The van der Waals surface area contributed by atoms with Gasteiger partial charge in [-0.3, -0.25) is 14.4 Å². The van der Waals surface area contributed by atoms with Crippen molar-refractivity contribution in [1.82, 2.24) is 0 Å². The Kier molecular flexibility index (Phi) is 3.76. The minimum absolute atomic E-state index is 0.0251. The number of hydrogen-bond acceptors (Lipinski definition) is 4. The van der Waals surface area contributed by atoms with E-state index in [-0.39, 0.29) is 11.3 Å². The fourth-order valence-corrected chi connectivity index (χ4v) is 6.14. The predicted octanol–water partition coefficient (Wildman–Crippen LogP) is 3.02. The van der Waals surface area contributed by atoms with Gasteiger partial charge in [-0.05, 0) is 46.5 Å². The molecule has 1 aliphatic heterocycles. The third-order valence-electron chi connectivity index (χ3n) is 7.33. The van der Waals surface area contributed by atoms with Crippen molar-refractivity contribution in [3.8, 4) is 0 Å². The van der Waals surface area contributed by atoms with Gasteiger partial charge in [0.05, 0.1) is 23.1 Å². The first kappa shape index (κ1) is 19.4. The quantitative estimate of drug-likeness (QED) is 0.607. The Bertz CT molecular complexity index is 1340. The second-order valence-corrected chi connectivity index (χ2v) is 8.63. The monoisotopic (exact) mass is 439 g/mol. The molecule has 3 aromatic rings. The van der Waals surface area contributed by atoms with Gasteiger partial charge in [-0.1, -0.05) is 48.5 Å². The van der Waals surface area contributed by atoms with Crippen LogP contribution in [0.25, 0.3) is 0 Å². The van der Waals surface area contributed by atoms with E-state index >= 15 is 0 Å². The molecular formula is C26H17NO6. The van der Waals surface area contributed by atoms with Crippen LogP contribution < -0.4 is 4.90 Å². The highest BCUT2D eigenvalue weighted by Gasteiger charge is 2.71. The minimum atomic E-state index is -1.69. The molecule has 1 heterocycles. The first-order chi connectivity index (χ1) is 15.9. The maximum absolute atomic E-state index is 13.8. The third-order valence-corrected chi connectivity index (χ3v) is 7.33. The molecule has 7 heteroatoms. The number of anilines is 1. The fourth-order valence-electron chi connectivity index (χ4n) is 6.14. The van der Waals surface area contributed by atoms with E-state index in [9.17, 15) is 29.4 Å². The fraction of sp³-hybridized carbons (Fsp3) is 0.154. The van der Waals surface area contributed by atoms with Crippen LogP contribution >= 0.6 is 0 Å². The zero-order valence-corrected chi connectivity index (χ0v) is 17.1. The minimum Gasteiger partial charge on any atom is -0.480 e. The summed E-state index contributed by atoms with van der Waals surface area (Å²) in [5.74, 6) is -5.74. The summed E-state index contributed by atoms with van der Waals surface area (Å²) >= 11 is 0. The lowest BCUT2D eigenvalue weighted by Crippen LogP contribution is -2.57. The number of amides is 2. The van der Waals surface area contributed by atoms with E-state index in [1.807, 2.05) is 24.3 Å². The molecule has 1 fully saturated rings. The highest BCUT2D eigenvalue weighted by Crippen LogP contribution is 2.64. The molecule has 0 unspecified atom stereocenters. The molecule has 0 aromatic heterocycles. The molecule has 0 spiro atoms. The van der Waals surface area contributed by atoms with Gasteiger partial charge < -0.3 is 10.2 Å². The Morgan fingerprint density at radius 3 is 1.82 bits per heavy atom. The van der Waals surface area contributed by atoms with Crippen molar-refractivity contribution in [3.63, 3.8) is 0 Å². The number of imide groups is 1. The van der Waals surface area contributed by atoms with Gasteiger partial charge in [-0.2, -0.15) is 0 Å². The number of aliphatic carboxylic acids is 1. The van der Waals surface area contributed by atoms with E-state index in [0.717, 1.165) is 16.0 Å². The number of carbonyl (C=O) groups is 4. The van der Waals surface area contributed by atoms with Crippen molar-refractivity contribution in [2.24, 2.45) is 11.8 Å². The number of benzene rings is 3. The highest BCUT2D eigenvalue weighted by atomic mass is 16.4. The van der Waals surface area contributed by atoms with Crippen LogP contribution in [0, 0.1) is 11.8 Å². The van der Waals surface area contributed by atoms with Crippen LogP contribution in [0.5, 0.6) is 0 Å². The highest BCUT2D eigenvalue weighted by molar-refractivity contribution is 6.25. The van der Waals surface area contributed by atoms with E-state index in [2.05, 4.69) is 0 Å². The lowest BCUT2D eigenvalue weighted by molar-refractivity contribution is -0.149. The van der Waals surface area contributed by atoms with Crippen molar-refractivity contribution in [1.29, 1.82) is 0 Å². The van der Waals surface area contributed by atoms with E-state index in [0.29, 0.717) is 11.1 Å². The average molecular weight is 439 g/mol. The number of carboxylic acids is 2. The molecule has 2 amide bonds. The second-order valence-electron chi connectivity index (χ2n) is 8.63. The van der Waals surface area contributed by atoms with Crippen LogP contribution in [0.3, 0.4) is 0 Å². The topological polar surface area (TPSA) is 112 Å².